The second-order valence-corrected chi connectivity index (χ2v) is 7.59. The van der Waals surface area contributed by atoms with Gasteiger partial charge in [-0.2, -0.15) is 0 Å². The van der Waals surface area contributed by atoms with E-state index in [0.29, 0.717) is 18.7 Å². The highest BCUT2D eigenvalue weighted by Gasteiger charge is 2.20. The van der Waals surface area contributed by atoms with E-state index in [9.17, 15) is 9.59 Å². The van der Waals surface area contributed by atoms with Gasteiger partial charge in [-0.05, 0) is 23.1 Å². The number of nitrogens with one attached hydrogen (secondary N) is 2. The Kier molecular flexibility index (Phi) is 5.75. The molecule has 0 aliphatic carbocycles. The van der Waals surface area contributed by atoms with Gasteiger partial charge in [0.2, 0.25) is 5.91 Å². The fourth-order valence-electron chi connectivity index (χ4n) is 1.85. The molecule has 0 aliphatic heterocycles. The van der Waals surface area contributed by atoms with Gasteiger partial charge in [0.25, 0.3) is 5.91 Å². The van der Waals surface area contributed by atoms with E-state index in [4.69, 9.17) is 0 Å². The Balaban J connectivity index is 2.52. The van der Waals surface area contributed by atoms with Crippen LogP contribution in [0.2, 0.25) is 0 Å². The van der Waals surface area contributed by atoms with Crippen molar-refractivity contribution in [2.24, 2.45) is 5.41 Å². The fourth-order valence-corrected chi connectivity index (χ4v) is 1.85. The Morgan fingerprint density at radius 1 is 0.955 bits per heavy atom. The van der Waals surface area contributed by atoms with Crippen molar-refractivity contribution < 1.29 is 9.59 Å². The Labute approximate surface area is 133 Å². The van der Waals surface area contributed by atoms with Crippen molar-refractivity contribution in [2.75, 3.05) is 13.1 Å². The molecule has 1 rings (SSSR count). The van der Waals surface area contributed by atoms with Crippen molar-refractivity contribution in [3.05, 3.63) is 35.4 Å². The van der Waals surface area contributed by atoms with Crippen LogP contribution in [0.15, 0.2) is 24.3 Å². The summed E-state index contributed by atoms with van der Waals surface area (Å²) in [6.45, 7) is 12.8. The molecule has 2 N–H and O–H groups in total. The minimum absolute atomic E-state index is 0.0109. The normalized spacial score (nSPS) is 11.9. The molecule has 0 spiro atoms. The van der Waals surface area contributed by atoms with E-state index in [-0.39, 0.29) is 17.2 Å². The first kappa shape index (κ1) is 18.2. The highest BCUT2D eigenvalue weighted by molar-refractivity contribution is 5.94. The van der Waals surface area contributed by atoms with Gasteiger partial charge >= 0.3 is 0 Å². The van der Waals surface area contributed by atoms with Gasteiger partial charge < -0.3 is 10.6 Å². The highest BCUT2D eigenvalue weighted by atomic mass is 16.2. The molecule has 0 saturated heterocycles. The van der Waals surface area contributed by atoms with Gasteiger partial charge in [0.15, 0.2) is 0 Å². The third-order valence-corrected chi connectivity index (χ3v) is 3.37. The molecule has 0 heterocycles. The van der Waals surface area contributed by atoms with E-state index in [1.165, 1.54) is 0 Å². The summed E-state index contributed by atoms with van der Waals surface area (Å²) in [6.07, 6.45) is 0. The van der Waals surface area contributed by atoms with E-state index in [2.05, 4.69) is 31.4 Å². The molecule has 4 nitrogen and oxygen atoms in total. The molecule has 0 saturated carbocycles. The number of carbonyl (C=O) groups is 2. The van der Waals surface area contributed by atoms with Gasteiger partial charge in [-0.25, -0.2) is 0 Å². The summed E-state index contributed by atoms with van der Waals surface area (Å²) >= 11 is 0. The lowest BCUT2D eigenvalue weighted by molar-refractivity contribution is -0.128. The Morgan fingerprint density at radius 2 is 1.55 bits per heavy atom. The summed E-state index contributed by atoms with van der Waals surface area (Å²) in [5, 5.41) is 5.64. The molecule has 22 heavy (non-hydrogen) atoms. The number of benzene rings is 1. The van der Waals surface area contributed by atoms with Crippen LogP contribution in [0.25, 0.3) is 0 Å². The third-order valence-electron chi connectivity index (χ3n) is 3.37. The quantitative estimate of drug-likeness (QED) is 0.840. The predicted octanol–water partition coefficient (Wildman–Crippen LogP) is 2.88. The molecule has 0 fully saturated rings. The van der Waals surface area contributed by atoms with Crippen LogP contribution in [-0.2, 0) is 10.2 Å². The zero-order chi connectivity index (χ0) is 17.0. The molecule has 0 bridgehead atoms. The van der Waals surface area contributed by atoms with Crippen molar-refractivity contribution in [1.82, 2.24) is 10.6 Å². The van der Waals surface area contributed by atoms with Gasteiger partial charge in [-0.15, -0.1) is 0 Å². The first-order chi connectivity index (χ1) is 10.0. The molecule has 0 unspecified atom stereocenters. The van der Waals surface area contributed by atoms with E-state index >= 15 is 0 Å². The molecule has 1 aromatic rings. The van der Waals surface area contributed by atoms with Crippen molar-refractivity contribution in [3.8, 4) is 0 Å². The van der Waals surface area contributed by atoms with Crippen LogP contribution in [0.1, 0.15) is 57.5 Å². The molecular formula is C18H28N2O2. The summed E-state index contributed by atoms with van der Waals surface area (Å²) in [6, 6.07) is 7.65. The van der Waals surface area contributed by atoms with Crippen LogP contribution >= 0.6 is 0 Å². The largest absolute Gasteiger partial charge is 0.354 e. The lowest BCUT2D eigenvalue weighted by Crippen LogP contribution is -2.39. The summed E-state index contributed by atoms with van der Waals surface area (Å²) in [5.74, 6) is -0.132. The van der Waals surface area contributed by atoms with Crippen LogP contribution in [0.3, 0.4) is 0 Å². The summed E-state index contributed by atoms with van der Waals surface area (Å²) < 4.78 is 0. The molecule has 2 amide bonds. The second kappa shape index (κ2) is 6.95. The number of carbonyl (C=O) groups excluding carboxylic acids is 2. The first-order valence-electron chi connectivity index (χ1n) is 7.69. The SMILES string of the molecule is CC(C)(C)C(=O)NCCNC(=O)c1cccc(C(C)(C)C)c1. The first-order valence-corrected chi connectivity index (χ1v) is 7.69. The van der Waals surface area contributed by atoms with Crippen LogP contribution in [0, 0.1) is 5.41 Å². The van der Waals surface area contributed by atoms with Crippen LogP contribution in [-0.4, -0.2) is 24.9 Å². The molecule has 1 aromatic carbocycles. The maximum Gasteiger partial charge on any atom is 0.251 e. The summed E-state index contributed by atoms with van der Waals surface area (Å²) in [7, 11) is 0. The molecule has 4 heteroatoms. The van der Waals surface area contributed by atoms with Crippen molar-refractivity contribution in [2.45, 2.75) is 47.0 Å². The smallest absolute Gasteiger partial charge is 0.251 e. The molecular weight excluding hydrogens is 276 g/mol. The van der Waals surface area contributed by atoms with Gasteiger partial charge in [0.05, 0.1) is 0 Å². The van der Waals surface area contributed by atoms with Gasteiger partial charge in [0.1, 0.15) is 0 Å². The third kappa shape index (κ3) is 5.51. The molecule has 0 atom stereocenters. The second-order valence-electron chi connectivity index (χ2n) is 7.59. The topological polar surface area (TPSA) is 58.2 Å². The molecule has 0 aromatic heterocycles. The van der Waals surface area contributed by atoms with Gasteiger partial charge in [-0.3, -0.25) is 9.59 Å². The van der Waals surface area contributed by atoms with E-state index in [1.54, 1.807) is 6.07 Å². The number of rotatable bonds is 4. The van der Waals surface area contributed by atoms with Crippen LogP contribution < -0.4 is 10.6 Å². The maximum atomic E-state index is 12.1. The average molecular weight is 304 g/mol. The number of amides is 2. The fraction of sp³-hybridized carbons (Fsp3) is 0.556. The summed E-state index contributed by atoms with van der Waals surface area (Å²) in [4.78, 5) is 23.9. The Bertz CT molecular complexity index is 537. The van der Waals surface area contributed by atoms with E-state index < -0.39 is 5.41 Å². The average Bonchev–Trinajstić information content (AvgIpc) is 2.41. The lowest BCUT2D eigenvalue weighted by Gasteiger charge is -2.20. The predicted molar refractivity (Wildman–Crippen MR) is 89.9 cm³/mol. The van der Waals surface area contributed by atoms with Crippen molar-refractivity contribution in [1.29, 1.82) is 0 Å². The number of hydrogen-bond acceptors (Lipinski definition) is 2. The zero-order valence-electron chi connectivity index (χ0n) is 14.5. The monoisotopic (exact) mass is 304 g/mol. The van der Waals surface area contributed by atoms with Gasteiger partial charge in [0, 0.05) is 24.1 Å². The Hall–Kier alpha value is -1.84. The van der Waals surface area contributed by atoms with Crippen molar-refractivity contribution in [3.63, 3.8) is 0 Å². The van der Waals surface area contributed by atoms with E-state index in [0.717, 1.165) is 5.56 Å². The van der Waals surface area contributed by atoms with Crippen molar-refractivity contribution >= 4 is 11.8 Å². The highest BCUT2D eigenvalue weighted by Crippen LogP contribution is 2.22. The number of hydrogen-bond donors (Lipinski definition) is 2. The van der Waals surface area contributed by atoms with Crippen LogP contribution in [0.4, 0.5) is 0 Å². The zero-order valence-corrected chi connectivity index (χ0v) is 14.5. The molecule has 0 aliphatic rings. The Morgan fingerprint density at radius 3 is 2.09 bits per heavy atom. The van der Waals surface area contributed by atoms with Crippen LogP contribution in [0.5, 0.6) is 0 Å². The molecule has 0 radical (unpaired) electrons. The maximum absolute atomic E-state index is 12.1. The molecule has 122 valence electrons. The van der Waals surface area contributed by atoms with E-state index in [1.807, 2.05) is 39.0 Å². The lowest BCUT2D eigenvalue weighted by atomic mass is 9.86. The standard InChI is InChI=1S/C18H28N2O2/c1-17(2,3)14-9-7-8-13(12-14)15(21)19-10-11-20-16(22)18(4,5)6/h7-9,12H,10-11H2,1-6H3,(H,19,21)(H,20,22). The van der Waals surface area contributed by atoms with Gasteiger partial charge in [-0.1, -0.05) is 53.7 Å². The summed E-state index contributed by atoms with van der Waals surface area (Å²) in [5.41, 5.74) is 1.37. The minimum Gasteiger partial charge on any atom is -0.354 e. The minimum atomic E-state index is -0.412.